The molecule has 0 heterocycles. The van der Waals surface area contributed by atoms with Crippen LogP contribution in [0.3, 0.4) is 0 Å². The standard InChI is InChI=1S/C19H13Cl2NO3/c20-15-6-8-18(14(11-15)10-13-4-2-1-3-5-13)25-19-9-7-16(21)12-17(19)22(23)24/h1-9,11-12H,10H2. The molecule has 0 N–H and O–H groups in total. The molecule has 0 saturated heterocycles. The predicted molar refractivity (Wildman–Crippen MR) is 98.9 cm³/mol. The van der Waals surface area contributed by atoms with Crippen molar-refractivity contribution in [2.45, 2.75) is 6.42 Å². The van der Waals surface area contributed by atoms with Crippen molar-refractivity contribution in [2.75, 3.05) is 0 Å². The second-order valence-electron chi connectivity index (χ2n) is 5.39. The Morgan fingerprint density at radius 2 is 1.52 bits per heavy atom. The van der Waals surface area contributed by atoms with Crippen LogP contribution in [-0.2, 0) is 6.42 Å². The number of nitro benzene ring substituents is 1. The van der Waals surface area contributed by atoms with Crippen LogP contribution in [0.4, 0.5) is 5.69 Å². The minimum Gasteiger partial charge on any atom is -0.450 e. The van der Waals surface area contributed by atoms with Crippen LogP contribution >= 0.6 is 23.2 Å². The molecule has 0 bridgehead atoms. The van der Waals surface area contributed by atoms with Crippen LogP contribution < -0.4 is 4.74 Å². The molecule has 0 unspecified atom stereocenters. The van der Waals surface area contributed by atoms with Gasteiger partial charge in [-0.25, -0.2) is 0 Å². The number of hydrogen-bond acceptors (Lipinski definition) is 3. The van der Waals surface area contributed by atoms with Crippen LogP contribution in [0.2, 0.25) is 10.0 Å². The maximum absolute atomic E-state index is 11.2. The third kappa shape index (κ3) is 4.29. The van der Waals surface area contributed by atoms with Crippen molar-refractivity contribution in [1.82, 2.24) is 0 Å². The zero-order valence-corrected chi connectivity index (χ0v) is 14.5. The highest BCUT2D eigenvalue weighted by Gasteiger charge is 2.18. The average molecular weight is 374 g/mol. The Hall–Kier alpha value is -2.56. The summed E-state index contributed by atoms with van der Waals surface area (Å²) in [7, 11) is 0. The van der Waals surface area contributed by atoms with E-state index in [-0.39, 0.29) is 16.5 Å². The monoisotopic (exact) mass is 373 g/mol. The van der Waals surface area contributed by atoms with E-state index in [9.17, 15) is 10.1 Å². The van der Waals surface area contributed by atoms with Gasteiger partial charge in [0.15, 0.2) is 0 Å². The first kappa shape index (κ1) is 17.3. The molecule has 25 heavy (non-hydrogen) atoms. The maximum Gasteiger partial charge on any atom is 0.313 e. The van der Waals surface area contributed by atoms with Crippen molar-refractivity contribution >= 4 is 28.9 Å². The van der Waals surface area contributed by atoms with Gasteiger partial charge in [-0.2, -0.15) is 0 Å². The molecule has 0 saturated carbocycles. The Balaban J connectivity index is 1.97. The van der Waals surface area contributed by atoms with Gasteiger partial charge in [0.1, 0.15) is 5.75 Å². The third-order valence-electron chi connectivity index (χ3n) is 3.60. The molecule has 3 aromatic rings. The van der Waals surface area contributed by atoms with Gasteiger partial charge in [-0.3, -0.25) is 10.1 Å². The topological polar surface area (TPSA) is 52.4 Å². The lowest BCUT2D eigenvalue weighted by molar-refractivity contribution is -0.385. The largest absolute Gasteiger partial charge is 0.450 e. The Morgan fingerprint density at radius 1 is 0.880 bits per heavy atom. The fourth-order valence-corrected chi connectivity index (χ4v) is 2.80. The summed E-state index contributed by atoms with van der Waals surface area (Å²) in [5.74, 6) is 0.643. The number of benzene rings is 3. The van der Waals surface area contributed by atoms with Gasteiger partial charge in [0.2, 0.25) is 5.75 Å². The van der Waals surface area contributed by atoms with Gasteiger partial charge in [-0.05, 0) is 35.9 Å². The van der Waals surface area contributed by atoms with Gasteiger partial charge in [-0.15, -0.1) is 0 Å². The molecule has 126 valence electrons. The lowest BCUT2D eigenvalue weighted by Crippen LogP contribution is -1.97. The van der Waals surface area contributed by atoms with Gasteiger partial charge in [-0.1, -0.05) is 53.5 Å². The summed E-state index contributed by atoms with van der Waals surface area (Å²) in [6.07, 6.45) is 0.595. The predicted octanol–water partition coefficient (Wildman–Crippen LogP) is 6.28. The van der Waals surface area contributed by atoms with Gasteiger partial charge < -0.3 is 4.74 Å². The zero-order valence-electron chi connectivity index (χ0n) is 13.0. The fourth-order valence-electron chi connectivity index (χ4n) is 2.44. The zero-order chi connectivity index (χ0) is 17.8. The molecule has 0 radical (unpaired) electrons. The summed E-state index contributed by atoms with van der Waals surface area (Å²) in [5.41, 5.74) is 1.73. The summed E-state index contributed by atoms with van der Waals surface area (Å²) >= 11 is 12.0. The number of rotatable bonds is 5. The minimum absolute atomic E-state index is 0.131. The first-order chi connectivity index (χ1) is 12.0. The number of ether oxygens (including phenoxy) is 1. The second-order valence-corrected chi connectivity index (χ2v) is 6.26. The van der Waals surface area contributed by atoms with Crippen LogP contribution in [0.5, 0.6) is 11.5 Å². The lowest BCUT2D eigenvalue weighted by Gasteiger charge is -2.12. The number of hydrogen-bond donors (Lipinski definition) is 0. The summed E-state index contributed by atoms with van der Waals surface area (Å²) in [6, 6.07) is 19.3. The van der Waals surface area contributed by atoms with Crippen molar-refractivity contribution in [3.8, 4) is 11.5 Å². The number of nitro groups is 1. The Morgan fingerprint density at radius 3 is 2.20 bits per heavy atom. The van der Waals surface area contributed by atoms with Gasteiger partial charge in [0, 0.05) is 28.1 Å². The first-order valence-corrected chi connectivity index (χ1v) is 8.22. The quantitative estimate of drug-likeness (QED) is 0.390. The molecule has 0 fully saturated rings. The van der Waals surface area contributed by atoms with Gasteiger partial charge in [0.05, 0.1) is 4.92 Å². The molecule has 3 rings (SSSR count). The molecule has 6 heteroatoms. The molecule has 0 atom stereocenters. The van der Waals surface area contributed by atoms with Crippen molar-refractivity contribution in [3.05, 3.63) is 98.0 Å². The van der Waals surface area contributed by atoms with Crippen molar-refractivity contribution in [2.24, 2.45) is 0 Å². The average Bonchev–Trinajstić information content (AvgIpc) is 2.59. The molecule has 3 aromatic carbocycles. The highest BCUT2D eigenvalue weighted by atomic mass is 35.5. The van der Waals surface area contributed by atoms with Crippen molar-refractivity contribution < 1.29 is 9.66 Å². The summed E-state index contributed by atoms with van der Waals surface area (Å²) in [5, 5.41) is 12.1. The van der Waals surface area contributed by atoms with Crippen molar-refractivity contribution in [3.63, 3.8) is 0 Å². The normalized spacial score (nSPS) is 10.5. The molecule has 0 aliphatic carbocycles. The Labute approximate surface area is 154 Å². The van der Waals surface area contributed by atoms with E-state index in [2.05, 4.69) is 0 Å². The molecule has 4 nitrogen and oxygen atoms in total. The first-order valence-electron chi connectivity index (χ1n) is 7.47. The van der Waals surface area contributed by atoms with E-state index in [1.807, 2.05) is 30.3 Å². The molecule has 0 aliphatic rings. The van der Waals surface area contributed by atoms with Gasteiger partial charge >= 0.3 is 5.69 Å². The van der Waals surface area contributed by atoms with E-state index in [1.165, 1.54) is 12.1 Å². The minimum atomic E-state index is -0.520. The molecular weight excluding hydrogens is 361 g/mol. The van der Waals surface area contributed by atoms with E-state index in [0.29, 0.717) is 17.2 Å². The fraction of sp³-hybridized carbons (Fsp3) is 0.0526. The molecule has 0 spiro atoms. The van der Waals surface area contributed by atoms with E-state index < -0.39 is 4.92 Å². The molecule has 0 amide bonds. The summed E-state index contributed by atoms with van der Waals surface area (Å²) in [4.78, 5) is 10.7. The van der Waals surface area contributed by atoms with Crippen LogP contribution in [0.15, 0.2) is 66.7 Å². The van der Waals surface area contributed by atoms with E-state index in [0.717, 1.165) is 11.1 Å². The summed E-state index contributed by atoms with van der Waals surface area (Å²) in [6.45, 7) is 0. The molecular formula is C19H13Cl2NO3. The number of halogens is 2. The van der Waals surface area contributed by atoms with E-state index in [4.69, 9.17) is 27.9 Å². The van der Waals surface area contributed by atoms with E-state index >= 15 is 0 Å². The Bertz CT molecular complexity index is 914. The van der Waals surface area contributed by atoms with Crippen LogP contribution in [0.1, 0.15) is 11.1 Å². The second kappa shape index (κ2) is 7.55. The van der Waals surface area contributed by atoms with Crippen LogP contribution in [0, 0.1) is 10.1 Å². The van der Waals surface area contributed by atoms with Crippen LogP contribution in [-0.4, -0.2) is 4.92 Å². The van der Waals surface area contributed by atoms with Gasteiger partial charge in [0.25, 0.3) is 0 Å². The third-order valence-corrected chi connectivity index (χ3v) is 4.07. The van der Waals surface area contributed by atoms with E-state index in [1.54, 1.807) is 24.3 Å². The lowest BCUT2D eigenvalue weighted by atomic mass is 10.0. The SMILES string of the molecule is O=[N+]([O-])c1cc(Cl)ccc1Oc1ccc(Cl)cc1Cc1ccccc1. The maximum atomic E-state index is 11.2. The smallest absolute Gasteiger partial charge is 0.313 e. The number of nitrogens with zero attached hydrogens (tertiary/aromatic N) is 1. The highest BCUT2D eigenvalue weighted by Crippen LogP contribution is 2.36. The molecule has 0 aromatic heterocycles. The summed E-state index contributed by atoms with van der Waals surface area (Å²) < 4.78 is 5.83. The molecule has 0 aliphatic heterocycles. The Kier molecular flexibility index (Phi) is 5.22. The highest BCUT2D eigenvalue weighted by molar-refractivity contribution is 6.31. The van der Waals surface area contributed by atoms with Crippen molar-refractivity contribution in [1.29, 1.82) is 0 Å². The van der Waals surface area contributed by atoms with Crippen LogP contribution in [0.25, 0.3) is 0 Å².